The summed E-state index contributed by atoms with van der Waals surface area (Å²) in [6, 6.07) is 7.82. The number of nitrogen functional groups attached to an aromatic ring is 1. The average molecular weight is 270 g/mol. The lowest BCUT2D eigenvalue weighted by Gasteiger charge is -2.32. The van der Waals surface area contributed by atoms with Crippen molar-refractivity contribution in [3.05, 3.63) is 30.5 Å². The van der Waals surface area contributed by atoms with E-state index in [1.54, 1.807) is 6.20 Å². The van der Waals surface area contributed by atoms with Crippen LogP contribution >= 0.6 is 0 Å². The number of aromatic nitrogens is 1. The Balaban J connectivity index is 1.89. The fourth-order valence-corrected chi connectivity index (χ4v) is 3.43. The Morgan fingerprint density at radius 3 is 2.60 bits per heavy atom. The Labute approximate surface area is 120 Å². The van der Waals surface area contributed by atoms with Gasteiger partial charge in [0.15, 0.2) is 0 Å². The van der Waals surface area contributed by atoms with Crippen LogP contribution in [0.15, 0.2) is 30.5 Å². The maximum absolute atomic E-state index is 6.27. The number of fused-ring (bicyclic) bond motifs is 1. The van der Waals surface area contributed by atoms with Crippen molar-refractivity contribution in [2.45, 2.75) is 39.2 Å². The van der Waals surface area contributed by atoms with Crippen molar-refractivity contribution in [1.29, 1.82) is 0 Å². The highest BCUT2D eigenvalue weighted by Crippen LogP contribution is 2.34. The van der Waals surface area contributed by atoms with E-state index in [-0.39, 0.29) is 0 Å². The summed E-state index contributed by atoms with van der Waals surface area (Å²) in [6.45, 7) is 4.63. The summed E-state index contributed by atoms with van der Waals surface area (Å²) in [5, 5.41) is 1.01. The first kappa shape index (κ1) is 13.2. The summed E-state index contributed by atoms with van der Waals surface area (Å²) in [4.78, 5) is 4.36. The van der Waals surface area contributed by atoms with Gasteiger partial charge in [0.25, 0.3) is 0 Å². The Kier molecular flexibility index (Phi) is 3.51. The SMILES string of the molecule is CC1CC(C)CC(Oc2ccnc3c(N)cccc23)C1. The Morgan fingerprint density at radius 1 is 1.10 bits per heavy atom. The van der Waals surface area contributed by atoms with Crippen LogP contribution < -0.4 is 10.5 Å². The molecule has 1 saturated carbocycles. The molecule has 20 heavy (non-hydrogen) atoms. The van der Waals surface area contributed by atoms with Crippen molar-refractivity contribution in [1.82, 2.24) is 4.98 Å². The highest BCUT2D eigenvalue weighted by molar-refractivity contribution is 5.93. The largest absolute Gasteiger partial charge is 0.490 e. The molecule has 0 aliphatic heterocycles. The van der Waals surface area contributed by atoms with E-state index in [9.17, 15) is 0 Å². The number of ether oxygens (including phenoxy) is 1. The molecule has 2 atom stereocenters. The highest BCUT2D eigenvalue weighted by atomic mass is 16.5. The molecule has 3 heteroatoms. The van der Waals surface area contributed by atoms with Gasteiger partial charge in [0, 0.05) is 11.6 Å². The summed E-state index contributed by atoms with van der Waals surface area (Å²) in [5.74, 6) is 2.39. The van der Waals surface area contributed by atoms with Gasteiger partial charge in [0.2, 0.25) is 0 Å². The van der Waals surface area contributed by atoms with E-state index >= 15 is 0 Å². The number of pyridine rings is 1. The molecule has 1 aliphatic carbocycles. The van der Waals surface area contributed by atoms with Crippen molar-refractivity contribution in [2.75, 3.05) is 5.73 Å². The summed E-state index contributed by atoms with van der Waals surface area (Å²) >= 11 is 0. The number of hydrogen-bond donors (Lipinski definition) is 1. The van der Waals surface area contributed by atoms with Crippen molar-refractivity contribution in [3.63, 3.8) is 0 Å². The minimum atomic E-state index is 0.306. The first-order valence-corrected chi connectivity index (χ1v) is 7.43. The van der Waals surface area contributed by atoms with E-state index in [0.29, 0.717) is 11.8 Å². The Morgan fingerprint density at radius 2 is 1.85 bits per heavy atom. The predicted molar refractivity (Wildman–Crippen MR) is 82.8 cm³/mol. The Bertz CT molecular complexity index is 601. The topological polar surface area (TPSA) is 48.1 Å². The van der Waals surface area contributed by atoms with Crippen LogP contribution in [-0.4, -0.2) is 11.1 Å². The number of para-hydroxylation sites is 1. The van der Waals surface area contributed by atoms with E-state index in [1.807, 2.05) is 24.3 Å². The molecule has 1 aromatic carbocycles. The van der Waals surface area contributed by atoms with Gasteiger partial charge in [0.05, 0.1) is 17.3 Å². The van der Waals surface area contributed by atoms with Gasteiger partial charge in [-0.15, -0.1) is 0 Å². The molecule has 3 rings (SSSR count). The van der Waals surface area contributed by atoms with E-state index in [0.717, 1.165) is 41.3 Å². The molecule has 0 spiro atoms. The second-order valence-electron chi connectivity index (χ2n) is 6.21. The van der Waals surface area contributed by atoms with Gasteiger partial charge in [-0.2, -0.15) is 0 Å². The zero-order chi connectivity index (χ0) is 14.1. The molecule has 1 aliphatic rings. The zero-order valence-corrected chi connectivity index (χ0v) is 12.2. The van der Waals surface area contributed by atoms with Crippen LogP contribution in [0.5, 0.6) is 5.75 Å². The number of rotatable bonds is 2. The number of benzene rings is 1. The Hall–Kier alpha value is -1.77. The molecular formula is C17H22N2O. The van der Waals surface area contributed by atoms with Crippen LogP contribution in [0.4, 0.5) is 5.69 Å². The first-order valence-electron chi connectivity index (χ1n) is 7.43. The molecule has 0 bridgehead atoms. The van der Waals surface area contributed by atoms with Gasteiger partial charge in [-0.1, -0.05) is 19.9 Å². The third-order valence-electron chi connectivity index (χ3n) is 4.19. The lowest BCUT2D eigenvalue weighted by atomic mass is 9.82. The minimum Gasteiger partial charge on any atom is -0.490 e. The molecule has 3 nitrogen and oxygen atoms in total. The third kappa shape index (κ3) is 2.58. The summed E-state index contributed by atoms with van der Waals surface area (Å²) < 4.78 is 6.27. The van der Waals surface area contributed by atoms with Crippen molar-refractivity contribution in [3.8, 4) is 5.75 Å². The molecule has 2 unspecified atom stereocenters. The van der Waals surface area contributed by atoms with Gasteiger partial charge >= 0.3 is 0 Å². The highest BCUT2D eigenvalue weighted by Gasteiger charge is 2.25. The zero-order valence-electron chi connectivity index (χ0n) is 12.2. The van der Waals surface area contributed by atoms with E-state index in [2.05, 4.69) is 18.8 Å². The van der Waals surface area contributed by atoms with E-state index < -0.39 is 0 Å². The monoisotopic (exact) mass is 270 g/mol. The molecule has 0 amide bonds. The molecule has 1 heterocycles. The molecule has 106 valence electrons. The molecule has 0 radical (unpaired) electrons. The fraction of sp³-hybridized carbons (Fsp3) is 0.471. The standard InChI is InChI=1S/C17H22N2O/c1-11-8-12(2)10-13(9-11)20-16-6-7-19-17-14(16)4-3-5-15(17)18/h3-7,11-13H,8-10,18H2,1-2H3. The second-order valence-corrected chi connectivity index (χ2v) is 6.21. The van der Waals surface area contributed by atoms with Gasteiger partial charge in [-0.25, -0.2) is 0 Å². The van der Waals surface area contributed by atoms with Crippen LogP contribution in [0.1, 0.15) is 33.1 Å². The van der Waals surface area contributed by atoms with Crippen LogP contribution in [0, 0.1) is 11.8 Å². The number of nitrogens with two attached hydrogens (primary N) is 1. The molecule has 1 fully saturated rings. The van der Waals surface area contributed by atoms with Gasteiger partial charge < -0.3 is 10.5 Å². The minimum absolute atomic E-state index is 0.306. The fourth-order valence-electron chi connectivity index (χ4n) is 3.43. The molecule has 0 saturated heterocycles. The maximum Gasteiger partial charge on any atom is 0.130 e. The van der Waals surface area contributed by atoms with Crippen molar-refractivity contribution < 1.29 is 4.74 Å². The summed E-state index contributed by atoms with van der Waals surface area (Å²) in [6.07, 6.45) is 5.67. The van der Waals surface area contributed by atoms with Crippen LogP contribution in [-0.2, 0) is 0 Å². The maximum atomic E-state index is 6.27. The molecule has 2 N–H and O–H groups in total. The predicted octanol–water partition coefficient (Wildman–Crippen LogP) is 4.02. The lowest BCUT2D eigenvalue weighted by molar-refractivity contribution is 0.102. The molecular weight excluding hydrogens is 248 g/mol. The summed E-state index contributed by atoms with van der Waals surface area (Å²) in [7, 11) is 0. The number of nitrogens with zero attached hydrogens (tertiary/aromatic N) is 1. The van der Waals surface area contributed by atoms with E-state index in [1.165, 1.54) is 6.42 Å². The second kappa shape index (κ2) is 5.31. The molecule has 1 aromatic heterocycles. The van der Waals surface area contributed by atoms with Gasteiger partial charge in [-0.3, -0.25) is 4.98 Å². The van der Waals surface area contributed by atoms with Crippen LogP contribution in [0.3, 0.4) is 0 Å². The van der Waals surface area contributed by atoms with Gasteiger partial charge in [-0.05, 0) is 49.3 Å². The third-order valence-corrected chi connectivity index (χ3v) is 4.19. The molecule has 2 aromatic rings. The summed E-state index contributed by atoms with van der Waals surface area (Å²) in [5.41, 5.74) is 7.53. The lowest BCUT2D eigenvalue weighted by Crippen LogP contribution is -2.28. The van der Waals surface area contributed by atoms with Crippen LogP contribution in [0.2, 0.25) is 0 Å². The smallest absolute Gasteiger partial charge is 0.130 e. The van der Waals surface area contributed by atoms with Crippen LogP contribution in [0.25, 0.3) is 10.9 Å². The average Bonchev–Trinajstić information content (AvgIpc) is 2.39. The normalized spacial score (nSPS) is 26.6. The quantitative estimate of drug-likeness (QED) is 0.838. The van der Waals surface area contributed by atoms with Gasteiger partial charge in [0.1, 0.15) is 5.75 Å². The first-order chi connectivity index (χ1) is 9.63. The number of hydrogen-bond acceptors (Lipinski definition) is 3. The van der Waals surface area contributed by atoms with Crippen molar-refractivity contribution >= 4 is 16.6 Å². The van der Waals surface area contributed by atoms with Crippen molar-refractivity contribution in [2.24, 2.45) is 11.8 Å². The number of anilines is 1. The van der Waals surface area contributed by atoms with E-state index in [4.69, 9.17) is 10.5 Å².